The molecule has 88 valence electrons. The van der Waals surface area contributed by atoms with E-state index in [4.69, 9.17) is 14.2 Å². The molecule has 4 nitrogen and oxygen atoms in total. The van der Waals surface area contributed by atoms with E-state index in [0.29, 0.717) is 30.0 Å². The van der Waals surface area contributed by atoms with E-state index >= 15 is 0 Å². The number of fused-ring (bicyclic) bond motifs is 1. The van der Waals surface area contributed by atoms with Crippen LogP contribution in [0.2, 0.25) is 0 Å². The molecule has 0 unspecified atom stereocenters. The van der Waals surface area contributed by atoms with Crippen molar-refractivity contribution in [3.63, 3.8) is 0 Å². The van der Waals surface area contributed by atoms with Crippen molar-refractivity contribution in [3.05, 3.63) is 17.4 Å². The fourth-order valence-electron chi connectivity index (χ4n) is 1.68. The first-order chi connectivity index (χ1) is 7.77. The first kappa shape index (κ1) is 11.0. The molecule has 0 amide bonds. The van der Waals surface area contributed by atoms with Crippen LogP contribution in [-0.2, 0) is 6.42 Å². The monoisotopic (exact) mass is 227 g/mol. The Morgan fingerprint density at radius 1 is 1.50 bits per heavy atom. The number of rotatable bonds is 4. The van der Waals surface area contributed by atoms with Crippen LogP contribution in [0.4, 0.5) is 4.39 Å². The molecule has 1 heterocycles. The minimum Gasteiger partial charge on any atom is -0.494 e. The van der Waals surface area contributed by atoms with Crippen molar-refractivity contribution in [1.82, 2.24) is 5.32 Å². The third-order valence-corrected chi connectivity index (χ3v) is 2.50. The van der Waals surface area contributed by atoms with Crippen LogP contribution < -0.4 is 19.5 Å². The fraction of sp³-hybridized carbons (Fsp3) is 0.455. The van der Waals surface area contributed by atoms with Gasteiger partial charge < -0.3 is 19.5 Å². The summed E-state index contributed by atoms with van der Waals surface area (Å²) in [5, 5.41) is 2.97. The summed E-state index contributed by atoms with van der Waals surface area (Å²) in [4.78, 5) is 0. The predicted octanol–water partition coefficient (Wildman–Crippen LogP) is 1.32. The molecule has 0 fully saturated rings. The average Bonchev–Trinajstić information content (AvgIpc) is 2.75. The number of benzene rings is 1. The Balaban J connectivity index is 2.42. The van der Waals surface area contributed by atoms with E-state index in [-0.39, 0.29) is 18.4 Å². The van der Waals surface area contributed by atoms with Crippen LogP contribution in [0.25, 0.3) is 0 Å². The van der Waals surface area contributed by atoms with E-state index in [1.807, 2.05) is 7.05 Å². The van der Waals surface area contributed by atoms with Gasteiger partial charge in [-0.05, 0) is 20.0 Å². The highest BCUT2D eigenvalue weighted by Crippen LogP contribution is 2.41. The predicted molar refractivity (Wildman–Crippen MR) is 56.7 cm³/mol. The molecule has 0 radical (unpaired) electrons. The quantitative estimate of drug-likeness (QED) is 0.842. The molecule has 0 aromatic heterocycles. The number of likely N-dealkylation sites (N-methyl/N-ethyl adjacent to an activating group) is 1. The lowest BCUT2D eigenvalue weighted by Crippen LogP contribution is -2.12. The normalized spacial score (nSPS) is 12.9. The number of hydrogen-bond acceptors (Lipinski definition) is 4. The van der Waals surface area contributed by atoms with E-state index in [1.165, 1.54) is 13.2 Å². The van der Waals surface area contributed by atoms with Crippen LogP contribution in [0, 0.1) is 5.82 Å². The molecule has 5 heteroatoms. The molecular weight excluding hydrogens is 213 g/mol. The summed E-state index contributed by atoms with van der Waals surface area (Å²) in [5.74, 6) is 0.857. The number of ether oxygens (including phenoxy) is 3. The number of methoxy groups -OCH3 is 1. The first-order valence-electron chi connectivity index (χ1n) is 5.07. The second-order valence-corrected chi connectivity index (χ2v) is 3.46. The van der Waals surface area contributed by atoms with Gasteiger partial charge in [0.15, 0.2) is 23.1 Å². The third kappa shape index (κ3) is 1.78. The van der Waals surface area contributed by atoms with Crippen molar-refractivity contribution in [2.45, 2.75) is 6.42 Å². The van der Waals surface area contributed by atoms with Crippen molar-refractivity contribution in [1.29, 1.82) is 0 Å². The zero-order valence-electron chi connectivity index (χ0n) is 9.30. The second kappa shape index (κ2) is 4.57. The lowest BCUT2D eigenvalue weighted by atomic mass is 10.1. The molecule has 0 spiro atoms. The van der Waals surface area contributed by atoms with E-state index in [2.05, 4.69) is 5.32 Å². The summed E-state index contributed by atoms with van der Waals surface area (Å²) in [5.41, 5.74) is 0.501. The summed E-state index contributed by atoms with van der Waals surface area (Å²) in [7, 11) is 3.25. The van der Waals surface area contributed by atoms with E-state index in [0.717, 1.165) is 0 Å². The molecule has 0 saturated carbocycles. The van der Waals surface area contributed by atoms with Gasteiger partial charge >= 0.3 is 0 Å². The van der Waals surface area contributed by atoms with Gasteiger partial charge in [0.1, 0.15) is 0 Å². The highest BCUT2D eigenvalue weighted by atomic mass is 19.1. The Morgan fingerprint density at radius 3 is 3.00 bits per heavy atom. The van der Waals surface area contributed by atoms with Gasteiger partial charge in [0.25, 0.3) is 0 Å². The molecule has 1 N–H and O–H groups in total. The average molecular weight is 227 g/mol. The van der Waals surface area contributed by atoms with Crippen LogP contribution in [-0.4, -0.2) is 27.5 Å². The Morgan fingerprint density at radius 2 is 2.31 bits per heavy atom. The highest BCUT2D eigenvalue weighted by molar-refractivity contribution is 5.54. The maximum absolute atomic E-state index is 14.0. The van der Waals surface area contributed by atoms with Gasteiger partial charge in [-0.2, -0.15) is 0 Å². The molecule has 0 saturated heterocycles. The maximum atomic E-state index is 14.0. The van der Waals surface area contributed by atoms with Crippen LogP contribution in [0.3, 0.4) is 0 Å². The molecule has 0 aliphatic carbocycles. The topological polar surface area (TPSA) is 39.7 Å². The standard InChI is InChI=1S/C11H14FNO3/c1-13-4-3-7-10(12)8(14-2)5-9-11(7)16-6-15-9/h5,13H,3-4,6H2,1-2H3. The van der Waals surface area contributed by atoms with Crippen molar-refractivity contribution in [2.75, 3.05) is 27.5 Å². The summed E-state index contributed by atoms with van der Waals surface area (Å²) in [6, 6.07) is 1.51. The van der Waals surface area contributed by atoms with Crippen molar-refractivity contribution in [2.24, 2.45) is 0 Å². The van der Waals surface area contributed by atoms with Gasteiger partial charge in [-0.15, -0.1) is 0 Å². The van der Waals surface area contributed by atoms with Gasteiger partial charge in [-0.1, -0.05) is 0 Å². The van der Waals surface area contributed by atoms with Crippen molar-refractivity contribution >= 4 is 0 Å². The lowest BCUT2D eigenvalue weighted by Gasteiger charge is -2.10. The second-order valence-electron chi connectivity index (χ2n) is 3.46. The number of hydrogen-bond donors (Lipinski definition) is 1. The molecule has 1 aromatic carbocycles. The minimum absolute atomic E-state index is 0.133. The summed E-state index contributed by atoms with van der Waals surface area (Å²) >= 11 is 0. The van der Waals surface area contributed by atoms with Gasteiger partial charge in [0, 0.05) is 11.6 Å². The summed E-state index contributed by atoms with van der Waals surface area (Å²) in [6.45, 7) is 0.800. The van der Waals surface area contributed by atoms with Crippen molar-refractivity contribution < 1.29 is 18.6 Å². The zero-order chi connectivity index (χ0) is 11.5. The van der Waals surface area contributed by atoms with Crippen molar-refractivity contribution in [3.8, 4) is 17.2 Å². The van der Waals surface area contributed by atoms with E-state index in [1.54, 1.807) is 0 Å². The van der Waals surface area contributed by atoms with Crippen LogP contribution in [0.15, 0.2) is 6.07 Å². The lowest BCUT2D eigenvalue weighted by molar-refractivity contribution is 0.173. The molecule has 0 bridgehead atoms. The fourth-order valence-corrected chi connectivity index (χ4v) is 1.68. The smallest absolute Gasteiger partial charge is 0.231 e. The molecule has 1 aromatic rings. The van der Waals surface area contributed by atoms with Gasteiger partial charge in [-0.25, -0.2) is 4.39 Å². The molecule has 0 atom stereocenters. The molecule has 1 aliphatic heterocycles. The van der Waals surface area contributed by atoms with E-state index in [9.17, 15) is 4.39 Å². The Labute approximate surface area is 93.3 Å². The minimum atomic E-state index is -0.373. The first-order valence-corrected chi connectivity index (χ1v) is 5.07. The zero-order valence-corrected chi connectivity index (χ0v) is 9.30. The summed E-state index contributed by atoms with van der Waals surface area (Å²) < 4.78 is 29.4. The summed E-state index contributed by atoms with van der Waals surface area (Å²) in [6.07, 6.45) is 0.533. The largest absolute Gasteiger partial charge is 0.494 e. The highest BCUT2D eigenvalue weighted by Gasteiger charge is 2.24. The van der Waals surface area contributed by atoms with Gasteiger partial charge in [-0.3, -0.25) is 0 Å². The van der Waals surface area contributed by atoms with Gasteiger partial charge in [0.05, 0.1) is 7.11 Å². The SMILES string of the molecule is CNCCc1c(F)c(OC)cc2c1OCO2. The molecule has 2 rings (SSSR count). The van der Waals surface area contributed by atoms with Crippen LogP contribution in [0.1, 0.15) is 5.56 Å². The molecule has 16 heavy (non-hydrogen) atoms. The number of halogens is 1. The van der Waals surface area contributed by atoms with Crippen LogP contribution >= 0.6 is 0 Å². The number of nitrogens with one attached hydrogen (secondary N) is 1. The van der Waals surface area contributed by atoms with E-state index < -0.39 is 0 Å². The Bertz CT molecular complexity index is 395. The van der Waals surface area contributed by atoms with Crippen LogP contribution in [0.5, 0.6) is 17.2 Å². The third-order valence-electron chi connectivity index (χ3n) is 2.50. The molecule has 1 aliphatic rings. The Hall–Kier alpha value is -1.49. The maximum Gasteiger partial charge on any atom is 0.231 e. The molecular formula is C11H14FNO3. The van der Waals surface area contributed by atoms with Gasteiger partial charge in [0.2, 0.25) is 6.79 Å². The Kier molecular flexibility index (Phi) is 3.14.